The van der Waals surface area contributed by atoms with Gasteiger partial charge in [-0.25, -0.2) is 0 Å². The average Bonchev–Trinajstić information content (AvgIpc) is 2.86. The van der Waals surface area contributed by atoms with Crippen molar-refractivity contribution in [2.45, 2.75) is 142 Å². The molecule has 0 aromatic carbocycles. The van der Waals surface area contributed by atoms with Crippen LogP contribution in [-0.2, 0) is 18.9 Å². The van der Waals surface area contributed by atoms with Crippen molar-refractivity contribution in [2.24, 2.45) is 11.3 Å². The van der Waals surface area contributed by atoms with Crippen LogP contribution in [-0.4, -0.2) is 67.4 Å². The van der Waals surface area contributed by atoms with Gasteiger partial charge in [-0.15, -0.1) is 0 Å². The molecule has 0 radical (unpaired) electrons. The molecule has 5 nitrogen and oxygen atoms in total. The highest BCUT2D eigenvalue weighted by Gasteiger charge is 2.60. The SMILES string of the molecule is C.CC(C)(COCCOCCOCNCCO[C@H]1CC/C=C/CCC1)C1CCC([Si]([18F])(C(C)(C)C)C(C)(C)C)CC1. The van der Waals surface area contributed by atoms with Crippen LogP contribution in [0.5, 0.6) is 0 Å². The van der Waals surface area contributed by atoms with Crippen molar-refractivity contribution in [1.82, 2.24) is 5.32 Å². The average molecular weight is 601 g/mol. The Morgan fingerprint density at radius 2 is 1.32 bits per heavy atom. The van der Waals surface area contributed by atoms with E-state index in [1.165, 1.54) is 12.8 Å². The molecule has 1 N–H and O–H groups in total. The minimum Gasteiger partial charge on any atom is -0.378 e. The molecule has 0 heterocycles. The first-order valence-corrected chi connectivity index (χ1v) is 18.1. The summed E-state index contributed by atoms with van der Waals surface area (Å²) in [4.78, 5) is 0. The molecule has 244 valence electrons. The molecule has 41 heavy (non-hydrogen) atoms. The third kappa shape index (κ3) is 12.7. The molecular weight excluding hydrogens is 532 g/mol. The zero-order valence-electron chi connectivity index (χ0n) is 27.4. The number of hydrogen-bond acceptors (Lipinski definition) is 5. The molecule has 7 heteroatoms. The fourth-order valence-electron chi connectivity index (χ4n) is 7.22. The van der Waals surface area contributed by atoms with Gasteiger partial charge in [0.2, 0.25) is 0 Å². The van der Waals surface area contributed by atoms with Crippen LogP contribution in [0.15, 0.2) is 12.2 Å². The van der Waals surface area contributed by atoms with E-state index in [0.29, 0.717) is 45.2 Å². The highest BCUT2D eigenvalue weighted by atomic mass is 28.4. The van der Waals surface area contributed by atoms with Gasteiger partial charge in [0, 0.05) is 6.54 Å². The van der Waals surface area contributed by atoms with Gasteiger partial charge in [0.25, 0.3) is 8.41 Å². The van der Waals surface area contributed by atoms with Crippen molar-refractivity contribution in [3.63, 3.8) is 0 Å². The maximum atomic E-state index is 16.8. The van der Waals surface area contributed by atoms with Gasteiger partial charge in [-0.3, -0.25) is 5.32 Å². The number of ether oxygens (including phenoxy) is 4. The van der Waals surface area contributed by atoms with Crippen molar-refractivity contribution in [3.8, 4) is 0 Å². The van der Waals surface area contributed by atoms with Crippen LogP contribution < -0.4 is 5.32 Å². The summed E-state index contributed by atoms with van der Waals surface area (Å²) in [6.07, 6.45) is 15.1. The lowest BCUT2D eigenvalue weighted by Crippen LogP contribution is -2.53. The molecule has 0 saturated heterocycles. The van der Waals surface area contributed by atoms with Crippen molar-refractivity contribution in [2.75, 3.05) is 52.9 Å². The topological polar surface area (TPSA) is 49.0 Å². The Balaban J connectivity index is 0.00000840. The Morgan fingerprint density at radius 3 is 1.95 bits per heavy atom. The lowest BCUT2D eigenvalue weighted by Gasteiger charge is -2.52. The maximum absolute atomic E-state index is 16.8. The summed E-state index contributed by atoms with van der Waals surface area (Å²) in [5.74, 6) is 0.586. The molecular formula is C34H68FNO4Si. The second kappa shape index (κ2) is 18.5. The van der Waals surface area contributed by atoms with Crippen LogP contribution in [0.3, 0.4) is 0 Å². The summed E-state index contributed by atoms with van der Waals surface area (Å²) in [5, 5.41) is 2.81. The molecule has 2 aliphatic carbocycles. The molecule has 0 aromatic rings. The van der Waals surface area contributed by atoms with Crippen LogP contribution >= 0.6 is 0 Å². The molecule has 1 fully saturated rings. The van der Waals surface area contributed by atoms with Gasteiger partial charge in [0.15, 0.2) is 0 Å². The molecule has 0 bridgehead atoms. The monoisotopic (exact) mass is 600 g/mol. The molecule has 1 atom stereocenters. The van der Waals surface area contributed by atoms with Crippen LogP contribution in [0, 0.1) is 11.3 Å². The van der Waals surface area contributed by atoms with Gasteiger partial charge in [0.1, 0.15) is 0 Å². The summed E-state index contributed by atoms with van der Waals surface area (Å²) >= 11 is 0. The highest BCUT2D eigenvalue weighted by Crippen LogP contribution is 2.61. The summed E-state index contributed by atoms with van der Waals surface area (Å²) in [6, 6.07) is 0. The van der Waals surface area contributed by atoms with Crippen molar-refractivity contribution in [1.29, 1.82) is 0 Å². The van der Waals surface area contributed by atoms with E-state index < -0.39 is 8.41 Å². The second-order valence-electron chi connectivity index (χ2n) is 14.9. The number of allylic oxidation sites excluding steroid dienone is 2. The molecule has 1 saturated carbocycles. The molecule has 0 spiro atoms. The van der Waals surface area contributed by atoms with E-state index in [0.717, 1.165) is 64.7 Å². The molecule has 0 amide bonds. The Kier molecular flexibility index (Phi) is 17.5. The molecule has 0 aromatic heterocycles. The van der Waals surface area contributed by atoms with E-state index >= 15 is 4.11 Å². The van der Waals surface area contributed by atoms with E-state index in [-0.39, 0.29) is 28.5 Å². The van der Waals surface area contributed by atoms with Gasteiger partial charge in [-0.1, -0.05) is 87.8 Å². The maximum Gasteiger partial charge on any atom is 0.260 e. The molecule has 0 unspecified atom stereocenters. The number of halogens is 1. The van der Waals surface area contributed by atoms with E-state index in [2.05, 4.69) is 72.9 Å². The van der Waals surface area contributed by atoms with Crippen LogP contribution in [0.2, 0.25) is 15.6 Å². The van der Waals surface area contributed by atoms with Crippen molar-refractivity contribution < 1.29 is 23.1 Å². The zero-order chi connectivity index (χ0) is 29.7. The highest BCUT2D eigenvalue weighted by molar-refractivity contribution is 6.80. The standard InChI is InChI=1S/C33H64FNO4Si.CH4/c1-31(2,3)40(34,32(4,5)6)30-18-16-28(17-19-30)33(7,8)26-37-24-22-36-23-25-38-27-35-20-21-39-29-14-12-10-9-11-13-15-29;/h9-10,28-30,35H,11-27H2,1-8H3;1H4/b10-9+;/t28?,29-,30?;/m0./s1/i34-1;. The minimum absolute atomic E-state index is 0. The lowest BCUT2D eigenvalue weighted by atomic mass is 9.71. The first-order chi connectivity index (χ1) is 18.8. The lowest BCUT2D eigenvalue weighted by molar-refractivity contribution is -0.0228. The molecule has 0 aliphatic heterocycles. The summed E-state index contributed by atoms with van der Waals surface area (Å²) in [5.41, 5.74) is 0.355. The van der Waals surface area contributed by atoms with Crippen LogP contribution in [0.1, 0.15) is 121 Å². The molecule has 2 aliphatic rings. The quantitative estimate of drug-likeness (QED) is 0.0629. The second-order valence-corrected chi connectivity index (χ2v) is 20.2. The summed E-state index contributed by atoms with van der Waals surface area (Å²) in [6.45, 7) is 22.5. The van der Waals surface area contributed by atoms with Crippen LogP contribution in [0.25, 0.3) is 0 Å². The third-order valence-corrected chi connectivity index (χ3v) is 15.4. The van der Waals surface area contributed by atoms with E-state index in [1.807, 2.05) is 0 Å². The smallest absolute Gasteiger partial charge is 0.260 e. The summed E-state index contributed by atoms with van der Waals surface area (Å²) in [7, 11) is -2.98. The summed E-state index contributed by atoms with van der Waals surface area (Å²) < 4.78 is 40.1. The van der Waals surface area contributed by atoms with E-state index in [1.54, 1.807) is 0 Å². The van der Waals surface area contributed by atoms with E-state index in [4.69, 9.17) is 18.9 Å². The van der Waals surface area contributed by atoms with E-state index in [9.17, 15) is 0 Å². The van der Waals surface area contributed by atoms with Gasteiger partial charge in [0.05, 0.1) is 52.5 Å². The van der Waals surface area contributed by atoms with Crippen LogP contribution in [0.4, 0.5) is 4.11 Å². The van der Waals surface area contributed by atoms with Crippen molar-refractivity contribution >= 4 is 8.41 Å². The zero-order valence-corrected chi connectivity index (χ0v) is 28.4. The third-order valence-electron chi connectivity index (χ3n) is 9.35. The Hall–Kier alpha value is -0.313. The Bertz CT molecular complexity index is 696. The van der Waals surface area contributed by atoms with Gasteiger partial charge >= 0.3 is 0 Å². The number of rotatable bonds is 16. The van der Waals surface area contributed by atoms with Gasteiger partial charge in [-0.05, 0) is 71.9 Å². The fourth-order valence-corrected chi connectivity index (χ4v) is 13.0. The first kappa shape index (κ1) is 38.7. The first-order valence-electron chi connectivity index (χ1n) is 16.2. The van der Waals surface area contributed by atoms with Gasteiger partial charge in [-0.2, -0.15) is 0 Å². The largest absolute Gasteiger partial charge is 0.378 e. The predicted octanol–water partition coefficient (Wildman–Crippen LogP) is 9.23. The Morgan fingerprint density at radius 1 is 0.732 bits per heavy atom. The van der Waals surface area contributed by atoms with Gasteiger partial charge < -0.3 is 23.1 Å². The minimum atomic E-state index is -2.98. The number of nitrogens with one attached hydrogen (secondary N) is 1. The number of hydrogen-bond donors (Lipinski definition) is 1. The fraction of sp³-hybridized carbons (Fsp3) is 0.941. The van der Waals surface area contributed by atoms with Crippen molar-refractivity contribution in [3.05, 3.63) is 12.2 Å². The predicted molar refractivity (Wildman–Crippen MR) is 175 cm³/mol. The normalized spacial score (nSPS) is 23.9. The Labute approximate surface area is 255 Å². The molecule has 2 rings (SSSR count).